The van der Waals surface area contributed by atoms with Crippen molar-refractivity contribution in [3.63, 3.8) is 0 Å². The molecule has 110 valence electrons. The molecule has 20 heavy (non-hydrogen) atoms. The summed E-state index contributed by atoms with van der Waals surface area (Å²) in [6.45, 7) is 5.46. The summed E-state index contributed by atoms with van der Waals surface area (Å²) in [5, 5.41) is 5.10. The van der Waals surface area contributed by atoms with Gasteiger partial charge in [0.1, 0.15) is 5.82 Å². The highest BCUT2D eigenvalue weighted by molar-refractivity contribution is 9.10. The van der Waals surface area contributed by atoms with Gasteiger partial charge in [-0.1, -0.05) is 13.8 Å². The van der Waals surface area contributed by atoms with Crippen molar-refractivity contribution >= 4 is 33.6 Å². The number of rotatable bonds is 5. The van der Waals surface area contributed by atoms with Gasteiger partial charge in [-0.2, -0.15) is 0 Å². The van der Waals surface area contributed by atoms with Crippen LogP contribution in [0.5, 0.6) is 0 Å². The van der Waals surface area contributed by atoms with Crippen LogP contribution in [0.15, 0.2) is 16.7 Å². The molecule has 0 spiro atoms. The predicted octanol–water partition coefficient (Wildman–Crippen LogP) is 1.19. The van der Waals surface area contributed by atoms with Crippen LogP contribution < -0.4 is 16.4 Å². The third kappa shape index (κ3) is 4.90. The summed E-state index contributed by atoms with van der Waals surface area (Å²) >= 11 is 3.33. The number of hydrogen-bond donors (Lipinski definition) is 3. The lowest BCUT2D eigenvalue weighted by molar-refractivity contribution is -0.125. The first-order valence-corrected chi connectivity index (χ1v) is 7.06. The van der Waals surface area contributed by atoms with E-state index in [9.17, 15) is 9.59 Å². The standard InChI is InChI=1S/C13H19BrN4O2/c1-7(2)12(15)13(20)17-6-11(19)18-10-4-8(3)9(14)5-16-10/h4-5,7,12H,6,15H2,1-3H3,(H,17,20)(H,16,18,19)/t12-/m0/s1. The van der Waals surface area contributed by atoms with Crippen molar-refractivity contribution in [3.8, 4) is 0 Å². The molecule has 1 rings (SSSR count). The lowest BCUT2D eigenvalue weighted by Gasteiger charge is -2.15. The van der Waals surface area contributed by atoms with E-state index in [1.54, 1.807) is 12.3 Å². The van der Waals surface area contributed by atoms with Gasteiger partial charge in [0.2, 0.25) is 11.8 Å². The number of nitrogens with one attached hydrogen (secondary N) is 2. The molecule has 2 amide bonds. The Morgan fingerprint density at radius 2 is 2.10 bits per heavy atom. The first-order chi connectivity index (χ1) is 9.31. The molecule has 0 aliphatic carbocycles. The van der Waals surface area contributed by atoms with Crippen LogP contribution in [0.1, 0.15) is 19.4 Å². The highest BCUT2D eigenvalue weighted by Crippen LogP contribution is 2.16. The molecule has 7 heteroatoms. The Hall–Kier alpha value is -1.47. The largest absolute Gasteiger partial charge is 0.346 e. The molecule has 1 aromatic rings. The summed E-state index contributed by atoms with van der Waals surface area (Å²) < 4.78 is 0.867. The van der Waals surface area contributed by atoms with Crippen molar-refractivity contribution in [2.45, 2.75) is 26.8 Å². The third-order valence-electron chi connectivity index (χ3n) is 2.76. The molecule has 0 unspecified atom stereocenters. The number of nitrogens with two attached hydrogens (primary N) is 1. The number of carbonyl (C=O) groups excluding carboxylic acids is 2. The van der Waals surface area contributed by atoms with Crippen LogP contribution in [0.25, 0.3) is 0 Å². The molecule has 0 aromatic carbocycles. The second-order valence-electron chi connectivity index (χ2n) is 4.85. The Labute approximate surface area is 126 Å². The highest BCUT2D eigenvalue weighted by Gasteiger charge is 2.17. The van der Waals surface area contributed by atoms with E-state index in [0.717, 1.165) is 10.0 Å². The minimum atomic E-state index is -0.615. The summed E-state index contributed by atoms with van der Waals surface area (Å²) in [5.74, 6) is -0.217. The van der Waals surface area contributed by atoms with E-state index >= 15 is 0 Å². The first kappa shape index (κ1) is 16.6. The number of hydrogen-bond acceptors (Lipinski definition) is 4. The van der Waals surface area contributed by atoms with Crippen LogP contribution in [-0.2, 0) is 9.59 Å². The van der Waals surface area contributed by atoms with Crippen molar-refractivity contribution in [3.05, 3.63) is 22.3 Å². The fourth-order valence-corrected chi connectivity index (χ4v) is 1.60. The quantitative estimate of drug-likeness (QED) is 0.748. The summed E-state index contributed by atoms with van der Waals surface area (Å²) in [7, 11) is 0. The van der Waals surface area contributed by atoms with Gasteiger partial charge in [-0.05, 0) is 40.4 Å². The molecule has 6 nitrogen and oxygen atoms in total. The lowest BCUT2D eigenvalue weighted by Crippen LogP contribution is -2.46. The minimum Gasteiger partial charge on any atom is -0.346 e. The van der Waals surface area contributed by atoms with Crippen LogP contribution in [-0.4, -0.2) is 29.4 Å². The average molecular weight is 343 g/mol. The molecule has 0 saturated heterocycles. The molecule has 0 fully saturated rings. The van der Waals surface area contributed by atoms with Crippen LogP contribution in [0, 0.1) is 12.8 Å². The zero-order chi connectivity index (χ0) is 15.3. The van der Waals surface area contributed by atoms with Crippen molar-refractivity contribution < 1.29 is 9.59 Å². The first-order valence-electron chi connectivity index (χ1n) is 6.26. The topological polar surface area (TPSA) is 97.1 Å². The lowest BCUT2D eigenvalue weighted by atomic mass is 10.1. The zero-order valence-electron chi connectivity index (χ0n) is 11.7. The SMILES string of the molecule is Cc1cc(NC(=O)CNC(=O)[C@@H](N)C(C)C)ncc1Br. The van der Waals surface area contributed by atoms with E-state index in [1.165, 1.54) is 0 Å². The smallest absolute Gasteiger partial charge is 0.244 e. The Bertz CT molecular complexity index is 505. The Morgan fingerprint density at radius 1 is 1.45 bits per heavy atom. The molecule has 0 aliphatic rings. The number of aryl methyl sites for hydroxylation is 1. The maximum absolute atomic E-state index is 11.7. The van der Waals surface area contributed by atoms with Crippen molar-refractivity contribution in [1.82, 2.24) is 10.3 Å². The Morgan fingerprint density at radius 3 is 2.65 bits per heavy atom. The fourth-order valence-electron chi connectivity index (χ4n) is 1.38. The van der Waals surface area contributed by atoms with Crippen LogP contribution in [0.2, 0.25) is 0 Å². The van der Waals surface area contributed by atoms with Crippen LogP contribution in [0.4, 0.5) is 5.82 Å². The summed E-state index contributed by atoms with van der Waals surface area (Å²) in [6.07, 6.45) is 1.61. The van der Waals surface area contributed by atoms with Crippen LogP contribution >= 0.6 is 15.9 Å². The number of amides is 2. The molecule has 0 radical (unpaired) electrons. The van der Waals surface area contributed by atoms with Gasteiger partial charge < -0.3 is 16.4 Å². The van der Waals surface area contributed by atoms with Crippen LogP contribution in [0.3, 0.4) is 0 Å². The van der Waals surface area contributed by atoms with E-state index in [1.807, 2.05) is 20.8 Å². The Kier molecular flexibility index (Phi) is 6.09. The van der Waals surface area contributed by atoms with Gasteiger partial charge in [0, 0.05) is 10.7 Å². The minimum absolute atomic E-state index is 0.0221. The zero-order valence-corrected chi connectivity index (χ0v) is 13.3. The van der Waals surface area contributed by atoms with Crippen molar-refractivity contribution in [2.75, 3.05) is 11.9 Å². The maximum Gasteiger partial charge on any atom is 0.244 e. The number of halogens is 1. The van der Waals surface area contributed by atoms with E-state index < -0.39 is 6.04 Å². The molecule has 0 bridgehead atoms. The molecule has 1 aromatic heterocycles. The van der Waals surface area contributed by atoms with E-state index in [-0.39, 0.29) is 24.3 Å². The molecule has 1 heterocycles. The van der Waals surface area contributed by atoms with Gasteiger partial charge >= 0.3 is 0 Å². The van der Waals surface area contributed by atoms with Gasteiger partial charge in [-0.3, -0.25) is 9.59 Å². The van der Waals surface area contributed by atoms with E-state index in [0.29, 0.717) is 5.82 Å². The van der Waals surface area contributed by atoms with Gasteiger partial charge in [-0.15, -0.1) is 0 Å². The third-order valence-corrected chi connectivity index (χ3v) is 3.59. The summed E-state index contributed by atoms with van der Waals surface area (Å²) in [5.41, 5.74) is 6.63. The van der Waals surface area contributed by atoms with Crippen molar-refractivity contribution in [2.24, 2.45) is 11.7 Å². The second-order valence-corrected chi connectivity index (χ2v) is 5.71. The molecule has 4 N–H and O–H groups in total. The van der Waals surface area contributed by atoms with Gasteiger partial charge in [0.15, 0.2) is 0 Å². The monoisotopic (exact) mass is 342 g/mol. The van der Waals surface area contributed by atoms with E-state index in [2.05, 4.69) is 31.5 Å². The summed E-state index contributed by atoms with van der Waals surface area (Å²) in [4.78, 5) is 27.3. The molecule has 0 aliphatic heterocycles. The number of aromatic nitrogens is 1. The van der Waals surface area contributed by atoms with Gasteiger partial charge in [0.25, 0.3) is 0 Å². The molecule has 1 atom stereocenters. The van der Waals surface area contributed by atoms with Crippen molar-refractivity contribution in [1.29, 1.82) is 0 Å². The average Bonchev–Trinajstić information content (AvgIpc) is 2.39. The molecular weight excluding hydrogens is 324 g/mol. The number of nitrogens with zero attached hydrogens (tertiary/aromatic N) is 1. The number of carbonyl (C=O) groups is 2. The van der Waals surface area contributed by atoms with Gasteiger partial charge in [-0.25, -0.2) is 4.98 Å². The second kappa shape index (κ2) is 7.35. The number of anilines is 1. The molecular formula is C13H19BrN4O2. The fraction of sp³-hybridized carbons (Fsp3) is 0.462. The predicted molar refractivity (Wildman–Crippen MR) is 81.1 cm³/mol. The maximum atomic E-state index is 11.7. The number of pyridine rings is 1. The van der Waals surface area contributed by atoms with Gasteiger partial charge in [0.05, 0.1) is 12.6 Å². The Balaban J connectivity index is 2.48. The highest BCUT2D eigenvalue weighted by atomic mass is 79.9. The van der Waals surface area contributed by atoms with E-state index in [4.69, 9.17) is 5.73 Å². The molecule has 0 saturated carbocycles. The summed E-state index contributed by atoms with van der Waals surface area (Å²) in [6, 6.07) is 1.12. The normalized spacial score (nSPS) is 12.1.